The number of rotatable bonds is 2. The number of benzene rings is 7. The van der Waals surface area contributed by atoms with Crippen LogP contribution in [-0.4, -0.2) is 9.97 Å². The van der Waals surface area contributed by atoms with Crippen LogP contribution in [-0.2, 0) is 5.54 Å². The second kappa shape index (κ2) is 9.96. The fraction of sp³-hybridized carbons (Fsp3) is 0.0909. The van der Waals surface area contributed by atoms with Gasteiger partial charge in [-0.1, -0.05) is 127 Å². The SMILES string of the molecule is [2H]C([2H])([2H])c1ccc(-c2nc(N3c4c(c5ccccc5c5c4sc4ccccc45)-c4c(ccc5ccccc45)C3(C)C)nc3ccccc23)cc1. The van der Waals surface area contributed by atoms with Gasteiger partial charge in [0, 0.05) is 36.1 Å². The van der Waals surface area contributed by atoms with E-state index in [0.717, 1.165) is 27.8 Å². The predicted octanol–water partition coefficient (Wildman–Crippen LogP) is 12.3. The summed E-state index contributed by atoms with van der Waals surface area (Å²) in [4.78, 5) is 13.1. The summed E-state index contributed by atoms with van der Waals surface area (Å²) in [6.45, 7) is 2.37. The molecule has 0 fully saturated rings. The van der Waals surface area contributed by atoms with E-state index in [0.29, 0.717) is 11.5 Å². The fourth-order valence-corrected chi connectivity index (χ4v) is 9.18. The number of fused-ring (bicyclic) bond motifs is 13. The first-order valence-corrected chi connectivity index (χ1v) is 17.1. The van der Waals surface area contributed by atoms with Crippen molar-refractivity contribution >= 4 is 75.6 Å². The van der Waals surface area contributed by atoms with E-state index in [1.165, 1.54) is 58.4 Å². The van der Waals surface area contributed by atoms with Crippen LogP contribution in [0, 0.1) is 6.85 Å². The van der Waals surface area contributed by atoms with Crippen molar-refractivity contribution < 1.29 is 4.11 Å². The normalized spacial score (nSPS) is 15.0. The average Bonchev–Trinajstić information content (AvgIpc) is 3.54. The summed E-state index contributed by atoms with van der Waals surface area (Å²) in [5, 5.41) is 8.26. The molecule has 1 aliphatic heterocycles. The van der Waals surface area contributed by atoms with Gasteiger partial charge in [-0.3, -0.25) is 4.90 Å². The number of nitrogens with zero attached hydrogens (tertiary/aromatic N) is 3. The second-order valence-electron chi connectivity index (χ2n) is 13.1. The third kappa shape index (κ3) is 3.75. The Labute approximate surface area is 287 Å². The minimum Gasteiger partial charge on any atom is -0.299 e. The number of anilines is 2. The molecule has 3 heterocycles. The molecule has 0 bridgehead atoms. The van der Waals surface area contributed by atoms with Crippen molar-refractivity contribution in [2.45, 2.75) is 26.2 Å². The standard InChI is InChI=1S/C44H31N3S/c1-26-20-22-28(23-21-26)40-32-16-8-10-18-35(32)45-43(46-40)47-41-39(38-29-13-5-4-12-27(29)24-25-34(38)44(47,2)3)31-15-7-6-14-30(31)37-33-17-9-11-19-36(33)48-42(37)41/h4-25H,1-3H3/i1D3. The summed E-state index contributed by atoms with van der Waals surface area (Å²) in [7, 11) is 0. The summed E-state index contributed by atoms with van der Waals surface area (Å²) >= 11 is 1.83. The highest BCUT2D eigenvalue weighted by atomic mass is 32.1. The van der Waals surface area contributed by atoms with E-state index >= 15 is 0 Å². The van der Waals surface area contributed by atoms with E-state index < -0.39 is 12.4 Å². The van der Waals surface area contributed by atoms with E-state index in [1.54, 1.807) is 12.1 Å². The van der Waals surface area contributed by atoms with Gasteiger partial charge in [-0.15, -0.1) is 11.3 Å². The molecule has 48 heavy (non-hydrogen) atoms. The zero-order chi connectivity index (χ0) is 34.6. The third-order valence-corrected chi connectivity index (χ3v) is 11.3. The van der Waals surface area contributed by atoms with Crippen LogP contribution in [0.2, 0.25) is 0 Å². The lowest BCUT2D eigenvalue weighted by atomic mass is 9.76. The molecule has 9 aromatic rings. The minimum absolute atomic E-state index is 0.304. The minimum atomic E-state index is -2.19. The number of hydrogen-bond donors (Lipinski definition) is 0. The first-order valence-electron chi connectivity index (χ1n) is 17.8. The first-order chi connectivity index (χ1) is 24.7. The van der Waals surface area contributed by atoms with E-state index in [1.807, 2.05) is 47.7 Å². The molecule has 0 unspecified atom stereocenters. The van der Waals surface area contributed by atoms with Gasteiger partial charge in [-0.2, -0.15) is 0 Å². The van der Waals surface area contributed by atoms with E-state index in [9.17, 15) is 0 Å². The molecule has 0 radical (unpaired) electrons. The molecule has 0 atom stereocenters. The Balaban J connectivity index is 1.37. The van der Waals surface area contributed by atoms with Crippen LogP contribution in [0.5, 0.6) is 0 Å². The van der Waals surface area contributed by atoms with Gasteiger partial charge < -0.3 is 0 Å². The Bertz CT molecular complexity index is 2890. The van der Waals surface area contributed by atoms with E-state index in [-0.39, 0.29) is 0 Å². The van der Waals surface area contributed by atoms with Crippen LogP contribution in [0.1, 0.15) is 29.1 Å². The maximum Gasteiger partial charge on any atom is 0.231 e. The Kier molecular flexibility index (Phi) is 5.10. The zero-order valence-corrected chi connectivity index (χ0v) is 27.3. The number of thiophene rings is 1. The molecule has 228 valence electrons. The molecule has 2 aromatic heterocycles. The van der Waals surface area contributed by atoms with Crippen molar-refractivity contribution in [3.8, 4) is 22.4 Å². The largest absolute Gasteiger partial charge is 0.299 e. The summed E-state index contributed by atoms with van der Waals surface area (Å²) < 4.78 is 26.2. The smallest absolute Gasteiger partial charge is 0.231 e. The van der Waals surface area contributed by atoms with Crippen LogP contribution in [0.4, 0.5) is 11.6 Å². The lowest BCUT2D eigenvalue weighted by Crippen LogP contribution is -2.42. The number of aryl methyl sites for hydroxylation is 1. The molecule has 0 saturated heterocycles. The van der Waals surface area contributed by atoms with Crippen molar-refractivity contribution in [3.63, 3.8) is 0 Å². The third-order valence-electron chi connectivity index (χ3n) is 10.1. The monoisotopic (exact) mass is 636 g/mol. The maximum absolute atomic E-state index is 7.94. The number of para-hydroxylation sites is 1. The molecule has 0 saturated carbocycles. The highest BCUT2D eigenvalue weighted by Gasteiger charge is 2.43. The van der Waals surface area contributed by atoms with Crippen LogP contribution in [0.3, 0.4) is 0 Å². The molecular formula is C44H31N3S. The number of hydrogen-bond acceptors (Lipinski definition) is 4. The van der Waals surface area contributed by atoms with Gasteiger partial charge in [-0.05, 0) is 65.5 Å². The van der Waals surface area contributed by atoms with Gasteiger partial charge in [0.15, 0.2) is 0 Å². The van der Waals surface area contributed by atoms with E-state index in [4.69, 9.17) is 14.1 Å². The average molecular weight is 637 g/mol. The maximum atomic E-state index is 7.94. The van der Waals surface area contributed by atoms with Gasteiger partial charge >= 0.3 is 0 Å². The molecule has 3 nitrogen and oxygen atoms in total. The molecule has 10 rings (SSSR count). The van der Waals surface area contributed by atoms with Gasteiger partial charge in [0.2, 0.25) is 5.95 Å². The van der Waals surface area contributed by atoms with Gasteiger partial charge in [0.25, 0.3) is 0 Å². The molecular weight excluding hydrogens is 603 g/mol. The Morgan fingerprint density at radius 3 is 2.12 bits per heavy atom. The summed E-state index contributed by atoms with van der Waals surface area (Å²) in [5.74, 6) is 0.600. The van der Waals surface area contributed by atoms with Crippen LogP contribution < -0.4 is 4.90 Å². The zero-order valence-electron chi connectivity index (χ0n) is 29.5. The second-order valence-corrected chi connectivity index (χ2v) is 14.2. The molecule has 0 aliphatic carbocycles. The molecule has 1 aliphatic rings. The fourth-order valence-electron chi connectivity index (χ4n) is 7.92. The summed E-state index contributed by atoms with van der Waals surface area (Å²) in [6.07, 6.45) is 0. The molecule has 4 heteroatoms. The highest BCUT2D eigenvalue weighted by Crippen LogP contribution is 2.59. The van der Waals surface area contributed by atoms with Crippen molar-refractivity contribution in [1.29, 1.82) is 0 Å². The first kappa shape index (κ1) is 24.6. The van der Waals surface area contributed by atoms with Crippen molar-refractivity contribution in [3.05, 3.63) is 145 Å². The molecule has 0 N–H and O–H groups in total. The molecule has 7 aromatic carbocycles. The Morgan fingerprint density at radius 2 is 1.31 bits per heavy atom. The Hall–Kier alpha value is -5.58. The van der Waals surface area contributed by atoms with Crippen LogP contribution in [0.15, 0.2) is 133 Å². The quantitative estimate of drug-likeness (QED) is 0.189. The van der Waals surface area contributed by atoms with Crippen LogP contribution >= 0.6 is 11.3 Å². The number of aromatic nitrogens is 2. The van der Waals surface area contributed by atoms with Crippen molar-refractivity contribution in [2.75, 3.05) is 4.90 Å². The Morgan fingerprint density at radius 1 is 0.625 bits per heavy atom. The lowest BCUT2D eigenvalue weighted by Gasteiger charge is -2.46. The van der Waals surface area contributed by atoms with Crippen molar-refractivity contribution in [2.24, 2.45) is 0 Å². The highest BCUT2D eigenvalue weighted by molar-refractivity contribution is 7.26. The van der Waals surface area contributed by atoms with Crippen LogP contribution in [0.25, 0.3) is 75.0 Å². The molecule has 0 spiro atoms. The summed E-state index contributed by atoms with van der Waals surface area (Å²) in [5.41, 5.74) is 6.93. The van der Waals surface area contributed by atoms with Gasteiger partial charge in [0.1, 0.15) is 0 Å². The van der Waals surface area contributed by atoms with Crippen molar-refractivity contribution in [1.82, 2.24) is 9.97 Å². The van der Waals surface area contributed by atoms with Gasteiger partial charge in [0.05, 0.1) is 27.1 Å². The lowest BCUT2D eigenvalue weighted by molar-refractivity contribution is 0.525. The predicted molar refractivity (Wildman–Crippen MR) is 205 cm³/mol. The summed E-state index contributed by atoms with van der Waals surface area (Å²) in [6, 6.07) is 45.9. The van der Waals surface area contributed by atoms with E-state index in [2.05, 4.69) is 104 Å². The topological polar surface area (TPSA) is 29.0 Å². The van der Waals surface area contributed by atoms with Gasteiger partial charge in [-0.25, -0.2) is 9.97 Å². The molecule has 0 amide bonds.